The minimum Gasteiger partial charge on any atom is -0.496 e. The SMILES string of the molecule is COc1ccc(CCC(=O)Nc2ccccc2SC(=O)N(C)C)cc1Br. The molecule has 7 heteroatoms. The average molecular weight is 437 g/mol. The van der Waals surface area contributed by atoms with E-state index in [1.807, 2.05) is 36.4 Å². The highest BCUT2D eigenvalue weighted by Crippen LogP contribution is 2.29. The maximum atomic E-state index is 12.3. The number of halogens is 1. The number of nitrogens with zero attached hydrogens (tertiary/aromatic N) is 1. The Labute approximate surface area is 166 Å². The lowest BCUT2D eigenvalue weighted by Gasteiger charge is -2.13. The molecular formula is C19H21BrN2O3S. The summed E-state index contributed by atoms with van der Waals surface area (Å²) in [5.41, 5.74) is 1.69. The van der Waals surface area contributed by atoms with Crippen LogP contribution >= 0.6 is 27.7 Å². The molecule has 0 saturated carbocycles. The van der Waals surface area contributed by atoms with Crippen molar-refractivity contribution in [2.75, 3.05) is 26.5 Å². The van der Waals surface area contributed by atoms with Gasteiger partial charge in [0.05, 0.1) is 17.3 Å². The van der Waals surface area contributed by atoms with Crippen LogP contribution in [0.15, 0.2) is 51.8 Å². The quantitative estimate of drug-likeness (QED) is 0.660. The van der Waals surface area contributed by atoms with Gasteiger partial charge >= 0.3 is 0 Å². The van der Waals surface area contributed by atoms with Crippen LogP contribution in [0.4, 0.5) is 10.5 Å². The van der Waals surface area contributed by atoms with Crippen LogP contribution in [0.3, 0.4) is 0 Å². The molecule has 0 unspecified atom stereocenters. The number of rotatable bonds is 6. The van der Waals surface area contributed by atoms with Gasteiger partial charge in [-0.05, 0) is 63.9 Å². The summed E-state index contributed by atoms with van der Waals surface area (Å²) in [5.74, 6) is 0.664. The normalized spacial score (nSPS) is 10.3. The summed E-state index contributed by atoms with van der Waals surface area (Å²) in [4.78, 5) is 26.5. The Morgan fingerprint density at radius 2 is 1.92 bits per heavy atom. The van der Waals surface area contributed by atoms with Crippen LogP contribution in [0.2, 0.25) is 0 Å². The summed E-state index contributed by atoms with van der Waals surface area (Å²) in [6.45, 7) is 0. The third kappa shape index (κ3) is 5.78. The van der Waals surface area contributed by atoms with Gasteiger partial charge in [0, 0.05) is 25.4 Å². The number of ether oxygens (including phenoxy) is 1. The van der Waals surface area contributed by atoms with Gasteiger partial charge in [-0.1, -0.05) is 18.2 Å². The highest BCUT2D eigenvalue weighted by molar-refractivity contribution is 9.10. The summed E-state index contributed by atoms with van der Waals surface area (Å²) in [5, 5.41) is 2.81. The number of benzene rings is 2. The number of carbonyl (C=O) groups excluding carboxylic acids is 2. The van der Waals surface area contributed by atoms with E-state index < -0.39 is 0 Å². The summed E-state index contributed by atoms with van der Waals surface area (Å²) in [6, 6.07) is 13.1. The predicted octanol–water partition coefficient (Wildman–Crippen LogP) is 4.80. The number of hydrogen-bond donors (Lipinski definition) is 1. The van der Waals surface area contributed by atoms with E-state index >= 15 is 0 Å². The van der Waals surface area contributed by atoms with E-state index in [-0.39, 0.29) is 11.1 Å². The molecule has 0 atom stereocenters. The number of amides is 2. The Morgan fingerprint density at radius 3 is 2.58 bits per heavy atom. The van der Waals surface area contributed by atoms with Gasteiger partial charge < -0.3 is 15.0 Å². The number of para-hydroxylation sites is 1. The Balaban J connectivity index is 1.98. The van der Waals surface area contributed by atoms with Gasteiger partial charge in [-0.15, -0.1) is 0 Å². The molecule has 5 nitrogen and oxygen atoms in total. The van der Waals surface area contributed by atoms with E-state index in [4.69, 9.17) is 4.74 Å². The Kier molecular flexibility index (Phi) is 7.53. The highest BCUT2D eigenvalue weighted by Gasteiger charge is 2.12. The molecule has 0 bridgehead atoms. The number of nitrogens with one attached hydrogen (secondary N) is 1. The Morgan fingerprint density at radius 1 is 1.19 bits per heavy atom. The molecule has 0 aliphatic heterocycles. The van der Waals surface area contributed by atoms with Crippen LogP contribution in [-0.2, 0) is 11.2 Å². The van der Waals surface area contributed by atoms with Crippen molar-refractivity contribution in [3.05, 3.63) is 52.5 Å². The maximum Gasteiger partial charge on any atom is 0.286 e. The van der Waals surface area contributed by atoms with Crippen molar-refractivity contribution in [1.82, 2.24) is 4.90 Å². The molecule has 0 fully saturated rings. The van der Waals surface area contributed by atoms with Crippen molar-refractivity contribution < 1.29 is 14.3 Å². The van der Waals surface area contributed by atoms with Crippen molar-refractivity contribution in [2.45, 2.75) is 17.7 Å². The second-order valence-electron chi connectivity index (χ2n) is 5.78. The van der Waals surface area contributed by atoms with E-state index in [0.717, 1.165) is 32.4 Å². The maximum absolute atomic E-state index is 12.3. The molecule has 2 amide bonds. The molecule has 0 radical (unpaired) electrons. The second kappa shape index (κ2) is 9.64. The lowest BCUT2D eigenvalue weighted by atomic mass is 10.1. The summed E-state index contributed by atoms with van der Waals surface area (Å²) < 4.78 is 6.07. The molecule has 2 aromatic rings. The zero-order valence-corrected chi connectivity index (χ0v) is 17.3. The van der Waals surface area contributed by atoms with Crippen molar-refractivity contribution in [3.63, 3.8) is 0 Å². The summed E-state index contributed by atoms with van der Waals surface area (Å²) in [6.07, 6.45) is 0.958. The topological polar surface area (TPSA) is 58.6 Å². The molecule has 0 saturated heterocycles. The van der Waals surface area contributed by atoms with Gasteiger partial charge in [0.1, 0.15) is 5.75 Å². The number of thioether (sulfide) groups is 1. The molecular weight excluding hydrogens is 416 g/mol. The molecule has 0 aliphatic rings. The minimum atomic E-state index is -0.0951. The van der Waals surface area contributed by atoms with Crippen LogP contribution < -0.4 is 10.1 Å². The fourth-order valence-electron chi connectivity index (χ4n) is 2.18. The van der Waals surface area contributed by atoms with E-state index in [1.165, 1.54) is 4.90 Å². The number of carbonyl (C=O) groups is 2. The van der Waals surface area contributed by atoms with Crippen LogP contribution in [0.1, 0.15) is 12.0 Å². The van der Waals surface area contributed by atoms with Crippen molar-refractivity contribution >= 4 is 44.5 Å². The molecule has 26 heavy (non-hydrogen) atoms. The molecule has 2 rings (SSSR count). The fraction of sp³-hybridized carbons (Fsp3) is 0.263. The van der Waals surface area contributed by atoms with Crippen LogP contribution in [0.5, 0.6) is 5.75 Å². The molecule has 2 aromatic carbocycles. The zero-order chi connectivity index (χ0) is 19.1. The van der Waals surface area contributed by atoms with Gasteiger partial charge in [-0.3, -0.25) is 9.59 Å². The fourth-order valence-corrected chi connectivity index (χ4v) is 3.51. The van der Waals surface area contributed by atoms with E-state index in [2.05, 4.69) is 21.2 Å². The summed E-state index contributed by atoms with van der Waals surface area (Å²) >= 11 is 4.54. The number of anilines is 1. The molecule has 138 valence electrons. The largest absolute Gasteiger partial charge is 0.496 e. The van der Waals surface area contributed by atoms with Crippen molar-refractivity contribution in [2.24, 2.45) is 0 Å². The van der Waals surface area contributed by atoms with Gasteiger partial charge in [0.25, 0.3) is 5.24 Å². The second-order valence-corrected chi connectivity index (χ2v) is 7.62. The third-order valence-corrected chi connectivity index (χ3v) is 5.32. The first-order valence-electron chi connectivity index (χ1n) is 8.01. The zero-order valence-electron chi connectivity index (χ0n) is 14.9. The average Bonchev–Trinajstić information content (AvgIpc) is 2.61. The molecule has 0 heterocycles. The van der Waals surface area contributed by atoms with Crippen LogP contribution in [-0.4, -0.2) is 37.3 Å². The lowest BCUT2D eigenvalue weighted by molar-refractivity contribution is -0.116. The van der Waals surface area contributed by atoms with Crippen LogP contribution in [0.25, 0.3) is 0 Å². The van der Waals surface area contributed by atoms with Gasteiger partial charge in [0.15, 0.2) is 0 Å². The summed E-state index contributed by atoms with van der Waals surface area (Å²) in [7, 11) is 5.01. The van der Waals surface area contributed by atoms with E-state index in [9.17, 15) is 9.59 Å². The monoisotopic (exact) mass is 436 g/mol. The Bertz CT molecular complexity index is 796. The molecule has 0 spiro atoms. The third-order valence-electron chi connectivity index (χ3n) is 3.58. The highest BCUT2D eigenvalue weighted by atomic mass is 79.9. The van der Waals surface area contributed by atoms with Gasteiger partial charge in [0.2, 0.25) is 5.91 Å². The van der Waals surface area contributed by atoms with Crippen LogP contribution in [0, 0.1) is 0 Å². The minimum absolute atomic E-state index is 0.0882. The van der Waals surface area contributed by atoms with E-state index in [1.54, 1.807) is 27.3 Å². The smallest absolute Gasteiger partial charge is 0.286 e. The lowest BCUT2D eigenvalue weighted by Crippen LogP contribution is -2.17. The Hall–Kier alpha value is -1.99. The number of methoxy groups -OCH3 is 1. The van der Waals surface area contributed by atoms with Crippen molar-refractivity contribution in [3.8, 4) is 5.75 Å². The first-order valence-corrected chi connectivity index (χ1v) is 9.62. The number of aryl methyl sites for hydroxylation is 1. The first-order chi connectivity index (χ1) is 12.4. The molecule has 1 N–H and O–H groups in total. The number of hydrogen-bond acceptors (Lipinski definition) is 4. The first kappa shape index (κ1) is 20.3. The van der Waals surface area contributed by atoms with Gasteiger partial charge in [-0.25, -0.2) is 0 Å². The van der Waals surface area contributed by atoms with Crippen molar-refractivity contribution in [1.29, 1.82) is 0 Å². The molecule has 0 aromatic heterocycles. The standard InChI is InChI=1S/C19H21BrN2O3S/c1-22(2)19(24)26-17-7-5-4-6-15(17)21-18(23)11-9-13-8-10-16(25-3)14(20)12-13/h4-8,10,12H,9,11H2,1-3H3,(H,21,23). The van der Waals surface area contributed by atoms with Gasteiger partial charge in [-0.2, -0.15) is 0 Å². The predicted molar refractivity (Wildman–Crippen MR) is 109 cm³/mol. The molecule has 0 aliphatic carbocycles. The van der Waals surface area contributed by atoms with E-state index in [0.29, 0.717) is 18.5 Å².